The summed E-state index contributed by atoms with van der Waals surface area (Å²) in [6.07, 6.45) is 1.76. The summed E-state index contributed by atoms with van der Waals surface area (Å²) in [6, 6.07) is 10.6. The zero-order valence-electron chi connectivity index (χ0n) is 8.88. The van der Waals surface area contributed by atoms with Gasteiger partial charge < -0.3 is 5.11 Å². The van der Waals surface area contributed by atoms with Crippen LogP contribution < -0.4 is 0 Å². The van der Waals surface area contributed by atoms with Gasteiger partial charge in [0.2, 0.25) is 0 Å². The van der Waals surface area contributed by atoms with E-state index in [1.165, 1.54) is 0 Å². The van der Waals surface area contributed by atoms with Crippen LogP contribution >= 0.6 is 0 Å². The van der Waals surface area contributed by atoms with Crippen molar-refractivity contribution in [3.63, 3.8) is 0 Å². The quantitative estimate of drug-likeness (QED) is 0.713. The zero-order valence-corrected chi connectivity index (χ0v) is 8.88. The van der Waals surface area contributed by atoms with Gasteiger partial charge in [-0.1, -0.05) is 18.2 Å². The molecule has 1 aromatic carbocycles. The van der Waals surface area contributed by atoms with Crippen LogP contribution in [0.4, 0.5) is 0 Å². The number of aryl methyl sites for hydroxylation is 2. The minimum absolute atomic E-state index is 0.322. The van der Waals surface area contributed by atoms with E-state index in [0.717, 1.165) is 11.5 Å². The topological polar surface area (TPSA) is 46.0 Å². The van der Waals surface area contributed by atoms with Gasteiger partial charge in [-0.3, -0.25) is 0 Å². The Labute approximate surface area is 89.5 Å². The van der Waals surface area contributed by atoms with E-state index in [1.807, 2.05) is 26.0 Å². The van der Waals surface area contributed by atoms with Gasteiger partial charge >= 0.3 is 0 Å². The molecule has 0 aliphatic heterocycles. The lowest BCUT2D eigenvalue weighted by Gasteiger charge is -1.89. The molecule has 0 saturated carbocycles. The van der Waals surface area contributed by atoms with Gasteiger partial charge in [0.15, 0.2) is 0 Å². The molecule has 0 fully saturated rings. The molecule has 2 rings (SSSR count). The van der Waals surface area contributed by atoms with Crippen LogP contribution in [0.5, 0.6) is 5.75 Å². The molecule has 0 unspecified atom stereocenters. The Bertz CT molecular complexity index is 384. The van der Waals surface area contributed by atoms with Gasteiger partial charge in [-0.2, -0.15) is 0 Å². The lowest BCUT2D eigenvalue weighted by Crippen LogP contribution is -1.86. The number of benzene rings is 1. The van der Waals surface area contributed by atoms with Gasteiger partial charge in [0.25, 0.3) is 0 Å². The predicted octanol–water partition coefficient (Wildman–Crippen LogP) is 2.49. The summed E-state index contributed by atoms with van der Waals surface area (Å²) in [5.41, 5.74) is 1.03. The second-order valence-corrected chi connectivity index (χ2v) is 3.08. The van der Waals surface area contributed by atoms with Crippen molar-refractivity contribution in [1.29, 1.82) is 0 Å². The van der Waals surface area contributed by atoms with Crippen LogP contribution in [0.15, 0.2) is 42.6 Å². The second kappa shape index (κ2) is 5.75. The molecule has 1 heterocycles. The van der Waals surface area contributed by atoms with Gasteiger partial charge in [-0.25, -0.2) is 9.97 Å². The normalized spacial score (nSPS) is 8.93. The Morgan fingerprint density at radius 2 is 1.67 bits per heavy atom. The zero-order chi connectivity index (χ0) is 11.1. The van der Waals surface area contributed by atoms with Crippen molar-refractivity contribution in [2.24, 2.45) is 0 Å². The third-order valence-electron chi connectivity index (χ3n) is 1.67. The van der Waals surface area contributed by atoms with Gasteiger partial charge in [-0.05, 0) is 32.0 Å². The predicted molar refractivity (Wildman–Crippen MR) is 59.6 cm³/mol. The number of rotatable bonds is 0. The molecule has 0 atom stereocenters. The SMILES string of the molecule is Cc1ccnc(C)n1.Oc1ccccc1. The van der Waals surface area contributed by atoms with Gasteiger partial charge in [0.05, 0.1) is 0 Å². The average Bonchev–Trinajstić information content (AvgIpc) is 2.19. The Morgan fingerprint density at radius 1 is 1.00 bits per heavy atom. The van der Waals surface area contributed by atoms with E-state index < -0.39 is 0 Å². The minimum Gasteiger partial charge on any atom is -0.508 e. The molecule has 1 aromatic heterocycles. The van der Waals surface area contributed by atoms with Gasteiger partial charge in [0.1, 0.15) is 11.6 Å². The van der Waals surface area contributed by atoms with Crippen LogP contribution in [0.25, 0.3) is 0 Å². The van der Waals surface area contributed by atoms with Crippen LogP contribution in [0.3, 0.4) is 0 Å². The molecular formula is C12H14N2O. The number of para-hydroxylation sites is 1. The molecule has 3 heteroatoms. The highest BCUT2D eigenvalue weighted by molar-refractivity contribution is 5.18. The fourth-order valence-electron chi connectivity index (χ4n) is 1.00. The van der Waals surface area contributed by atoms with Crippen LogP contribution in [-0.4, -0.2) is 15.1 Å². The first-order valence-electron chi connectivity index (χ1n) is 4.69. The van der Waals surface area contributed by atoms with E-state index in [1.54, 1.807) is 30.5 Å². The maximum atomic E-state index is 8.63. The van der Waals surface area contributed by atoms with E-state index in [2.05, 4.69) is 9.97 Å². The highest BCUT2D eigenvalue weighted by Crippen LogP contribution is 2.02. The number of phenols is 1. The molecule has 0 saturated heterocycles. The smallest absolute Gasteiger partial charge is 0.125 e. The molecule has 0 radical (unpaired) electrons. The summed E-state index contributed by atoms with van der Waals surface area (Å²) in [4.78, 5) is 7.99. The summed E-state index contributed by atoms with van der Waals surface area (Å²) < 4.78 is 0. The van der Waals surface area contributed by atoms with E-state index >= 15 is 0 Å². The second-order valence-electron chi connectivity index (χ2n) is 3.08. The third-order valence-corrected chi connectivity index (χ3v) is 1.67. The molecule has 0 aliphatic rings. The summed E-state index contributed by atoms with van der Waals surface area (Å²) in [7, 11) is 0. The number of nitrogens with zero attached hydrogens (tertiary/aromatic N) is 2. The minimum atomic E-state index is 0.322. The molecule has 3 nitrogen and oxygen atoms in total. The maximum Gasteiger partial charge on any atom is 0.125 e. The summed E-state index contributed by atoms with van der Waals surface area (Å²) in [6.45, 7) is 3.84. The largest absolute Gasteiger partial charge is 0.508 e. The number of aromatic hydroxyl groups is 1. The number of hydrogen-bond donors (Lipinski definition) is 1. The maximum absolute atomic E-state index is 8.63. The van der Waals surface area contributed by atoms with Crippen molar-refractivity contribution in [2.45, 2.75) is 13.8 Å². The highest BCUT2D eigenvalue weighted by atomic mass is 16.3. The Hall–Kier alpha value is -1.90. The van der Waals surface area contributed by atoms with Crippen LogP contribution in [0, 0.1) is 13.8 Å². The van der Waals surface area contributed by atoms with Crippen molar-refractivity contribution >= 4 is 0 Å². The monoisotopic (exact) mass is 202 g/mol. The van der Waals surface area contributed by atoms with Crippen molar-refractivity contribution in [3.05, 3.63) is 54.1 Å². The fraction of sp³-hybridized carbons (Fsp3) is 0.167. The van der Waals surface area contributed by atoms with Crippen LogP contribution in [0.1, 0.15) is 11.5 Å². The summed E-state index contributed by atoms with van der Waals surface area (Å²) >= 11 is 0. The van der Waals surface area contributed by atoms with E-state index in [-0.39, 0.29) is 0 Å². The molecule has 0 spiro atoms. The van der Waals surface area contributed by atoms with Crippen LogP contribution in [-0.2, 0) is 0 Å². The fourth-order valence-corrected chi connectivity index (χ4v) is 1.00. The number of aromatic nitrogens is 2. The Balaban J connectivity index is 0.000000151. The van der Waals surface area contributed by atoms with E-state index in [4.69, 9.17) is 5.11 Å². The number of phenolic OH excluding ortho intramolecular Hbond substituents is 1. The number of hydrogen-bond acceptors (Lipinski definition) is 3. The van der Waals surface area contributed by atoms with Crippen molar-refractivity contribution in [2.75, 3.05) is 0 Å². The lowest BCUT2D eigenvalue weighted by atomic mass is 10.3. The first kappa shape index (κ1) is 11.2. The van der Waals surface area contributed by atoms with E-state index in [9.17, 15) is 0 Å². The molecule has 15 heavy (non-hydrogen) atoms. The molecule has 0 bridgehead atoms. The standard InChI is InChI=1S/C6H8N2.C6H6O/c1-5-3-4-7-6(2)8-5;7-6-4-2-1-3-5-6/h3-4H,1-2H3;1-5,7H. The van der Waals surface area contributed by atoms with Crippen molar-refractivity contribution in [3.8, 4) is 5.75 Å². The Kier molecular flexibility index (Phi) is 4.29. The molecule has 0 amide bonds. The molecule has 0 aliphatic carbocycles. The van der Waals surface area contributed by atoms with Crippen LogP contribution in [0.2, 0.25) is 0 Å². The molecule has 78 valence electrons. The molecule has 2 aromatic rings. The van der Waals surface area contributed by atoms with Crippen molar-refractivity contribution in [1.82, 2.24) is 9.97 Å². The lowest BCUT2D eigenvalue weighted by molar-refractivity contribution is 0.475. The first-order valence-corrected chi connectivity index (χ1v) is 4.69. The molecular weight excluding hydrogens is 188 g/mol. The first-order chi connectivity index (χ1) is 7.18. The van der Waals surface area contributed by atoms with Gasteiger partial charge in [-0.15, -0.1) is 0 Å². The Morgan fingerprint density at radius 3 is 2.00 bits per heavy atom. The van der Waals surface area contributed by atoms with Crippen molar-refractivity contribution < 1.29 is 5.11 Å². The van der Waals surface area contributed by atoms with Gasteiger partial charge in [0, 0.05) is 11.9 Å². The third kappa shape index (κ3) is 4.76. The highest BCUT2D eigenvalue weighted by Gasteiger charge is 1.83. The molecule has 1 N–H and O–H groups in total. The summed E-state index contributed by atoms with van der Waals surface area (Å²) in [5, 5.41) is 8.63. The average molecular weight is 202 g/mol. The van der Waals surface area contributed by atoms with E-state index in [0.29, 0.717) is 5.75 Å². The summed E-state index contributed by atoms with van der Waals surface area (Å²) in [5.74, 6) is 1.16.